The van der Waals surface area contributed by atoms with Crippen molar-refractivity contribution in [1.82, 2.24) is 4.90 Å². The fourth-order valence-corrected chi connectivity index (χ4v) is 3.39. The largest absolute Gasteiger partial charge is 0.492 e. The molecule has 2 heteroatoms. The van der Waals surface area contributed by atoms with E-state index in [0.717, 1.165) is 25.3 Å². The predicted molar refractivity (Wildman–Crippen MR) is 96.0 cm³/mol. The molecular weight excluding hydrogens is 282 g/mol. The standard InChI is InChI=1S/C21H27NO/c1-18-10-12-21(13-11-18)23-16-15-22-14-6-5-9-20(22)17-19-7-3-2-4-8-19/h2-4,7-8,10-13,20H,5-6,9,14-17H2,1H3. The van der Waals surface area contributed by atoms with Crippen LogP contribution in [-0.2, 0) is 6.42 Å². The summed E-state index contributed by atoms with van der Waals surface area (Å²) in [5, 5.41) is 0. The SMILES string of the molecule is Cc1ccc(OCCN2CCCCC2Cc2ccccc2)cc1. The van der Waals surface area contributed by atoms with Gasteiger partial charge >= 0.3 is 0 Å². The number of aryl methyl sites for hydroxylation is 1. The van der Waals surface area contributed by atoms with Gasteiger partial charge in [-0.15, -0.1) is 0 Å². The van der Waals surface area contributed by atoms with Gasteiger partial charge in [0.2, 0.25) is 0 Å². The average Bonchev–Trinajstić information content (AvgIpc) is 2.59. The van der Waals surface area contributed by atoms with E-state index in [1.807, 2.05) is 0 Å². The Morgan fingerprint density at radius 2 is 1.78 bits per heavy atom. The van der Waals surface area contributed by atoms with Crippen molar-refractivity contribution in [3.8, 4) is 5.75 Å². The second-order valence-electron chi connectivity index (χ2n) is 6.54. The van der Waals surface area contributed by atoms with Gasteiger partial charge < -0.3 is 4.74 Å². The molecule has 1 atom stereocenters. The first-order chi connectivity index (χ1) is 11.3. The first kappa shape index (κ1) is 16.1. The molecule has 2 nitrogen and oxygen atoms in total. The van der Waals surface area contributed by atoms with Gasteiger partial charge in [0.05, 0.1) is 0 Å². The van der Waals surface area contributed by atoms with Crippen molar-refractivity contribution in [2.24, 2.45) is 0 Å². The molecule has 1 aliphatic heterocycles. The van der Waals surface area contributed by atoms with Crippen LogP contribution >= 0.6 is 0 Å². The molecule has 0 bridgehead atoms. The molecule has 0 amide bonds. The van der Waals surface area contributed by atoms with Crippen LogP contribution in [0.3, 0.4) is 0 Å². The van der Waals surface area contributed by atoms with Gasteiger partial charge in [-0.3, -0.25) is 4.90 Å². The van der Waals surface area contributed by atoms with Crippen molar-refractivity contribution < 1.29 is 4.74 Å². The van der Waals surface area contributed by atoms with Crippen molar-refractivity contribution in [3.63, 3.8) is 0 Å². The molecule has 1 saturated heterocycles. The summed E-state index contributed by atoms with van der Waals surface area (Å²) in [4.78, 5) is 2.62. The van der Waals surface area contributed by atoms with Crippen LogP contribution in [0.2, 0.25) is 0 Å². The zero-order valence-corrected chi connectivity index (χ0v) is 14.1. The lowest BCUT2D eigenvalue weighted by molar-refractivity contribution is 0.122. The van der Waals surface area contributed by atoms with E-state index in [1.165, 1.54) is 36.9 Å². The number of piperidine rings is 1. The Hall–Kier alpha value is -1.80. The zero-order chi connectivity index (χ0) is 15.9. The highest BCUT2D eigenvalue weighted by atomic mass is 16.5. The van der Waals surface area contributed by atoms with E-state index >= 15 is 0 Å². The molecule has 0 spiro atoms. The summed E-state index contributed by atoms with van der Waals surface area (Å²) in [6, 6.07) is 19.9. The molecule has 0 saturated carbocycles. The monoisotopic (exact) mass is 309 g/mol. The van der Waals surface area contributed by atoms with Gasteiger partial charge in [0.25, 0.3) is 0 Å². The van der Waals surface area contributed by atoms with E-state index in [4.69, 9.17) is 4.74 Å². The minimum Gasteiger partial charge on any atom is -0.492 e. The van der Waals surface area contributed by atoms with Gasteiger partial charge in [0, 0.05) is 12.6 Å². The second-order valence-corrected chi connectivity index (χ2v) is 6.54. The number of likely N-dealkylation sites (tertiary alicyclic amines) is 1. The van der Waals surface area contributed by atoms with Crippen LogP contribution in [0, 0.1) is 6.92 Å². The Kier molecular flexibility index (Phi) is 5.71. The van der Waals surface area contributed by atoms with Crippen LogP contribution in [0.4, 0.5) is 0 Å². The van der Waals surface area contributed by atoms with Crippen molar-refractivity contribution in [3.05, 3.63) is 65.7 Å². The van der Waals surface area contributed by atoms with Gasteiger partial charge in [-0.25, -0.2) is 0 Å². The van der Waals surface area contributed by atoms with Crippen LogP contribution in [0.1, 0.15) is 30.4 Å². The normalized spacial score (nSPS) is 18.7. The quantitative estimate of drug-likeness (QED) is 0.780. The smallest absolute Gasteiger partial charge is 0.119 e. The maximum atomic E-state index is 5.92. The zero-order valence-electron chi connectivity index (χ0n) is 14.1. The van der Waals surface area contributed by atoms with Crippen LogP contribution < -0.4 is 4.74 Å². The molecular formula is C21H27NO. The third-order valence-corrected chi connectivity index (χ3v) is 4.73. The Bertz CT molecular complexity index is 579. The highest BCUT2D eigenvalue weighted by Gasteiger charge is 2.22. The summed E-state index contributed by atoms with van der Waals surface area (Å²) in [6.45, 7) is 5.10. The number of ether oxygens (including phenoxy) is 1. The third-order valence-electron chi connectivity index (χ3n) is 4.73. The highest BCUT2D eigenvalue weighted by Crippen LogP contribution is 2.20. The molecule has 122 valence electrons. The minimum atomic E-state index is 0.660. The molecule has 0 radical (unpaired) electrons. The van der Waals surface area contributed by atoms with Crippen molar-refractivity contribution in [1.29, 1.82) is 0 Å². The summed E-state index contributed by atoms with van der Waals surface area (Å²) in [5.74, 6) is 0.979. The van der Waals surface area contributed by atoms with E-state index in [9.17, 15) is 0 Å². The summed E-state index contributed by atoms with van der Waals surface area (Å²) in [5.41, 5.74) is 2.72. The first-order valence-electron chi connectivity index (χ1n) is 8.79. The minimum absolute atomic E-state index is 0.660. The fraction of sp³-hybridized carbons (Fsp3) is 0.429. The van der Waals surface area contributed by atoms with E-state index < -0.39 is 0 Å². The van der Waals surface area contributed by atoms with Gasteiger partial charge in [-0.1, -0.05) is 54.4 Å². The molecule has 1 fully saturated rings. The van der Waals surface area contributed by atoms with Crippen LogP contribution in [0.25, 0.3) is 0 Å². The van der Waals surface area contributed by atoms with Crippen molar-refractivity contribution >= 4 is 0 Å². The van der Waals surface area contributed by atoms with E-state index in [2.05, 4.69) is 66.4 Å². The maximum Gasteiger partial charge on any atom is 0.119 e. The third kappa shape index (κ3) is 4.84. The van der Waals surface area contributed by atoms with E-state index in [0.29, 0.717) is 6.04 Å². The van der Waals surface area contributed by atoms with E-state index in [-0.39, 0.29) is 0 Å². The van der Waals surface area contributed by atoms with Gasteiger partial charge in [-0.2, -0.15) is 0 Å². The molecule has 23 heavy (non-hydrogen) atoms. The summed E-state index contributed by atoms with van der Waals surface area (Å²) in [6.07, 6.45) is 5.13. The molecule has 0 N–H and O–H groups in total. The van der Waals surface area contributed by atoms with Gasteiger partial charge in [0.1, 0.15) is 12.4 Å². The number of rotatable bonds is 6. The average molecular weight is 309 g/mol. The summed E-state index contributed by atoms with van der Waals surface area (Å²) >= 11 is 0. The highest BCUT2D eigenvalue weighted by molar-refractivity contribution is 5.26. The fourth-order valence-electron chi connectivity index (χ4n) is 3.39. The lowest BCUT2D eigenvalue weighted by atomic mass is 9.96. The van der Waals surface area contributed by atoms with Crippen LogP contribution in [-0.4, -0.2) is 30.6 Å². The maximum absolute atomic E-state index is 5.92. The van der Waals surface area contributed by atoms with E-state index in [1.54, 1.807) is 0 Å². The summed E-state index contributed by atoms with van der Waals surface area (Å²) < 4.78 is 5.92. The van der Waals surface area contributed by atoms with Crippen LogP contribution in [0.5, 0.6) is 5.75 Å². The molecule has 2 aromatic carbocycles. The second kappa shape index (κ2) is 8.16. The lowest BCUT2D eigenvalue weighted by Crippen LogP contribution is -2.43. The predicted octanol–water partition coefficient (Wildman–Crippen LogP) is 4.47. The van der Waals surface area contributed by atoms with Crippen molar-refractivity contribution in [2.75, 3.05) is 19.7 Å². The number of hydrogen-bond acceptors (Lipinski definition) is 2. The Labute approximate surface area is 140 Å². The molecule has 1 aliphatic rings. The Balaban J connectivity index is 1.51. The molecule has 2 aromatic rings. The summed E-state index contributed by atoms with van der Waals surface area (Å²) in [7, 11) is 0. The molecule has 3 rings (SSSR count). The molecule has 1 heterocycles. The van der Waals surface area contributed by atoms with Crippen molar-refractivity contribution in [2.45, 2.75) is 38.6 Å². The Morgan fingerprint density at radius 3 is 2.57 bits per heavy atom. The molecule has 1 unspecified atom stereocenters. The number of nitrogens with zero attached hydrogens (tertiary/aromatic N) is 1. The number of benzene rings is 2. The molecule has 0 aromatic heterocycles. The molecule has 0 aliphatic carbocycles. The van der Waals surface area contributed by atoms with Gasteiger partial charge in [0.15, 0.2) is 0 Å². The number of hydrogen-bond donors (Lipinski definition) is 0. The first-order valence-corrected chi connectivity index (χ1v) is 8.79. The van der Waals surface area contributed by atoms with Gasteiger partial charge in [-0.05, 0) is 50.4 Å². The van der Waals surface area contributed by atoms with Crippen LogP contribution in [0.15, 0.2) is 54.6 Å². The Morgan fingerprint density at radius 1 is 1.00 bits per heavy atom. The lowest BCUT2D eigenvalue weighted by Gasteiger charge is -2.35. The topological polar surface area (TPSA) is 12.5 Å².